The first-order chi connectivity index (χ1) is 7.49. The summed E-state index contributed by atoms with van der Waals surface area (Å²) in [4.78, 5) is 22.2. The van der Waals surface area contributed by atoms with Crippen molar-refractivity contribution in [1.82, 2.24) is 0 Å². The molecule has 1 rings (SSSR count). The van der Waals surface area contributed by atoms with Crippen LogP contribution >= 0.6 is 0 Å². The maximum absolute atomic E-state index is 11.8. The van der Waals surface area contributed by atoms with Crippen LogP contribution in [-0.2, 0) is 4.79 Å². The first-order valence-electron chi connectivity index (χ1n) is 5.30. The van der Waals surface area contributed by atoms with Gasteiger partial charge in [0.1, 0.15) is 0 Å². The van der Waals surface area contributed by atoms with E-state index in [1.165, 1.54) is 0 Å². The lowest BCUT2D eigenvalue weighted by Crippen LogP contribution is -2.10. The van der Waals surface area contributed by atoms with E-state index >= 15 is 0 Å². The van der Waals surface area contributed by atoms with Crippen LogP contribution in [0.5, 0.6) is 0 Å². The highest BCUT2D eigenvalue weighted by atomic mass is 16.4. The third-order valence-corrected chi connectivity index (χ3v) is 2.43. The molecule has 0 unspecified atom stereocenters. The second-order valence-electron chi connectivity index (χ2n) is 4.20. The van der Waals surface area contributed by atoms with Crippen molar-refractivity contribution in [2.24, 2.45) is 5.92 Å². The summed E-state index contributed by atoms with van der Waals surface area (Å²) >= 11 is 0. The number of aliphatic carboxylic acids is 1. The highest BCUT2D eigenvalue weighted by Crippen LogP contribution is 2.13. The van der Waals surface area contributed by atoms with Gasteiger partial charge < -0.3 is 5.11 Å². The van der Waals surface area contributed by atoms with E-state index in [9.17, 15) is 9.59 Å². The van der Waals surface area contributed by atoms with Crippen LogP contribution < -0.4 is 0 Å². The van der Waals surface area contributed by atoms with Gasteiger partial charge in [-0.1, -0.05) is 36.8 Å². The van der Waals surface area contributed by atoms with Gasteiger partial charge >= 0.3 is 5.97 Å². The van der Waals surface area contributed by atoms with Gasteiger partial charge in [0, 0.05) is 18.4 Å². The summed E-state index contributed by atoms with van der Waals surface area (Å²) in [5.74, 6) is -0.968. The molecular formula is C13H16O3. The molecule has 86 valence electrons. The molecule has 3 nitrogen and oxygen atoms in total. The number of carbonyl (C=O) groups excluding carboxylic acids is 1. The zero-order valence-corrected chi connectivity index (χ0v) is 9.56. The van der Waals surface area contributed by atoms with Crippen molar-refractivity contribution in [3.05, 3.63) is 35.4 Å². The molecule has 0 aliphatic carbocycles. The zero-order chi connectivity index (χ0) is 12.1. The Hall–Kier alpha value is -1.64. The normalized spacial score (nSPS) is 12.1. The minimum absolute atomic E-state index is 0.00810. The summed E-state index contributed by atoms with van der Waals surface area (Å²) in [6.07, 6.45) is 0.326. The van der Waals surface area contributed by atoms with E-state index in [-0.39, 0.29) is 24.5 Å². The fourth-order valence-electron chi connectivity index (χ4n) is 1.54. The van der Waals surface area contributed by atoms with Crippen molar-refractivity contribution in [2.75, 3.05) is 0 Å². The maximum atomic E-state index is 11.8. The lowest BCUT2D eigenvalue weighted by atomic mass is 9.97. The van der Waals surface area contributed by atoms with Crippen molar-refractivity contribution >= 4 is 11.8 Å². The summed E-state index contributed by atoms with van der Waals surface area (Å²) in [5, 5.41) is 8.59. The summed E-state index contributed by atoms with van der Waals surface area (Å²) in [5.41, 5.74) is 1.76. The highest BCUT2D eigenvalue weighted by Gasteiger charge is 2.13. The van der Waals surface area contributed by atoms with Crippen molar-refractivity contribution in [1.29, 1.82) is 0 Å². The van der Waals surface area contributed by atoms with Crippen molar-refractivity contribution in [3.8, 4) is 0 Å². The number of hydrogen-bond donors (Lipinski definition) is 1. The molecule has 3 heteroatoms. The molecule has 0 bridgehead atoms. The molecule has 0 amide bonds. The Morgan fingerprint density at radius 2 is 1.75 bits per heavy atom. The lowest BCUT2D eigenvalue weighted by Gasteiger charge is -2.07. The molecule has 16 heavy (non-hydrogen) atoms. The van der Waals surface area contributed by atoms with Crippen LogP contribution in [0.4, 0.5) is 0 Å². The summed E-state index contributed by atoms with van der Waals surface area (Å²) in [7, 11) is 0. The smallest absolute Gasteiger partial charge is 0.303 e. The van der Waals surface area contributed by atoms with Crippen molar-refractivity contribution in [3.63, 3.8) is 0 Å². The van der Waals surface area contributed by atoms with Crippen LogP contribution in [-0.4, -0.2) is 16.9 Å². The number of carboxylic acids is 1. The largest absolute Gasteiger partial charge is 0.481 e. The average Bonchev–Trinajstić information content (AvgIpc) is 2.16. The van der Waals surface area contributed by atoms with Crippen LogP contribution in [0.2, 0.25) is 0 Å². The van der Waals surface area contributed by atoms with Gasteiger partial charge in [-0.15, -0.1) is 0 Å². The summed E-state index contributed by atoms with van der Waals surface area (Å²) < 4.78 is 0. The standard InChI is InChI=1S/C13H16O3/c1-9-3-5-11(6-4-9)12(14)7-10(2)8-13(15)16/h3-6,10H,7-8H2,1-2H3,(H,15,16)/t10-/m0/s1. The van der Waals surface area contributed by atoms with E-state index in [1.54, 1.807) is 19.1 Å². The van der Waals surface area contributed by atoms with Gasteiger partial charge in [0.05, 0.1) is 0 Å². The number of carbonyl (C=O) groups is 2. The molecule has 0 heterocycles. The fraction of sp³-hybridized carbons (Fsp3) is 0.385. The van der Waals surface area contributed by atoms with E-state index in [0.29, 0.717) is 5.56 Å². The molecule has 0 aliphatic rings. The zero-order valence-electron chi connectivity index (χ0n) is 9.56. The predicted octanol–water partition coefficient (Wildman–Crippen LogP) is 2.68. The Bertz CT molecular complexity index is 379. The van der Waals surface area contributed by atoms with Gasteiger partial charge in [0.2, 0.25) is 0 Å². The molecule has 1 N–H and O–H groups in total. The molecule has 0 fully saturated rings. The monoisotopic (exact) mass is 220 g/mol. The molecule has 0 aliphatic heterocycles. The Kier molecular flexibility index (Phi) is 4.23. The number of benzene rings is 1. The Morgan fingerprint density at radius 3 is 2.25 bits per heavy atom. The van der Waals surface area contributed by atoms with Crippen molar-refractivity contribution in [2.45, 2.75) is 26.7 Å². The number of Topliss-reactive ketones (excluding diaryl/α,β-unsaturated/α-hetero) is 1. The summed E-state index contributed by atoms with van der Waals surface area (Å²) in [6.45, 7) is 3.74. The lowest BCUT2D eigenvalue weighted by molar-refractivity contribution is -0.137. The van der Waals surface area contributed by atoms with Gasteiger partial charge in [-0.25, -0.2) is 0 Å². The molecule has 1 atom stereocenters. The van der Waals surface area contributed by atoms with Crippen LogP contribution in [0.25, 0.3) is 0 Å². The Morgan fingerprint density at radius 1 is 1.19 bits per heavy atom. The fourth-order valence-corrected chi connectivity index (χ4v) is 1.54. The number of aryl methyl sites for hydroxylation is 1. The SMILES string of the molecule is Cc1ccc(C(=O)C[C@H](C)CC(=O)O)cc1. The molecule has 0 saturated carbocycles. The van der Waals surface area contributed by atoms with Crippen LogP contribution in [0, 0.1) is 12.8 Å². The first kappa shape index (κ1) is 12.4. The third kappa shape index (κ3) is 3.85. The summed E-state index contributed by atoms with van der Waals surface area (Å²) in [6, 6.07) is 7.33. The molecule has 0 radical (unpaired) electrons. The van der Waals surface area contributed by atoms with E-state index in [0.717, 1.165) is 5.56 Å². The average molecular weight is 220 g/mol. The van der Waals surface area contributed by atoms with Crippen LogP contribution in [0.3, 0.4) is 0 Å². The number of carboxylic acid groups (broad SMARTS) is 1. The molecular weight excluding hydrogens is 204 g/mol. The molecule has 0 aromatic heterocycles. The van der Waals surface area contributed by atoms with E-state index in [1.807, 2.05) is 19.1 Å². The van der Waals surface area contributed by atoms with E-state index in [4.69, 9.17) is 5.11 Å². The minimum Gasteiger partial charge on any atom is -0.481 e. The Balaban J connectivity index is 2.58. The number of hydrogen-bond acceptors (Lipinski definition) is 2. The van der Waals surface area contributed by atoms with Gasteiger partial charge in [0.15, 0.2) is 5.78 Å². The third-order valence-electron chi connectivity index (χ3n) is 2.43. The number of ketones is 1. The van der Waals surface area contributed by atoms with E-state index in [2.05, 4.69) is 0 Å². The molecule has 1 aromatic rings. The molecule has 0 saturated heterocycles. The van der Waals surface area contributed by atoms with Crippen LogP contribution in [0.1, 0.15) is 35.7 Å². The van der Waals surface area contributed by atoms with Crippen molar-refractivity contribution < 1.29 is 14.7 Å². The highest BCUT2D eigenvalue weighted by molar-refractivity contribution is 5.96. The minimum atomic E-state index is -0.857. The second kappa shape index (κ2) is 5.45. The van der Waals surface area contributed by atoms with Gasteiger partial charge in [-0.05, 0) is 12.8 Å². The van der Waals surface area contributed by atoms with Gasteiger partial charge in [-0.2, -0.15) is 0 Å². The molecule has 0 spiro atoms. The second-order valence-corrected chi connectivity index (χ2v) is 4.20. The molecule has 1 aromatic carbocycles. The number of rotatable bonds is 5. The predicted molar refractivity (Wildman–Crippen MR) is 61.5 cm³/mol. The van der Waals surface area contributed by atoms with Gasteiger partial charge in [-0.3, -0.25) is 9.59 Å². The Labute approximate surface area is 95.1 Å². The topological polar surface area (TPSA) is 54.4 Å². The maximum Gasteiger partial charge on any atom is 0.303 e. The van der Waals surface area contributed by atoms with Crippen LogP contribution in [0.15, 0.2) is 24.3 Å². The first-order valence-corrected chi connectivity index (χ1v) is 5.30. The van der Waals surface area contributed by atoms with Gasteiger partial charge in [0.25, 0.3) is 0 Å². The van der Waals surface area contributed by atoms with E-state index < -0.39 is 5.97 Å². The quantitative estimate of drug-likeness (QED) is 0.776.